The SMILES string of the molecule is CC1=CC=CC1.CC1=CC=CC1.[Ti]. The molecule has 0 unspecified atom stereocenters. The van der Waals surface area contributed by atoms with Crippen LogP contribution in [-0.4, -0.2) is 0 Å². The molecule has 2 rings (SSSR count). The first kappa shape index (κ1) is 12.7. The summed E-state index contributed by atoms with van der Waals surface area (Å²) in [6, 6.07) is 0. The van der Waals surface area contributed by atoms with Gasteiger partial charge in [0, 0.05) is 21.7 Å². The molecule has 0 heterocycles. The van der Waals surface area contributed by atoms with E-state index in [9.17, 15) is 0 Å². The molecule has 0 aromatic carbocycles. The second-order valence-electron chi connectivity index (χ2n) is 3.29. The first-order chi connectivity index (χ1) is 5.79. The molecule has 2 aliphatic rings. The molecule has 2 aliphatic carbocycles. The van der Waals surface area contributed by atoms with Crippen molar-refractivity contribution in [1.82, 2.24) is 0 Å². The molecule has 0 nitrogen and oxygen atoms in total. The second-order valence-corrected chi connectivity index (χ2v) is 3.29. The zero-order chi connectivity index (χ0) is 8.81. The second kappa shape index (κ2) is 7.11. The van der Waals surface area contributed by atoms with Crippen molar-refractivity contribution < 1.29 is 21.7 Å². The summed E-state index contributed by atoms with van der Waals surface area (Å²) in [6.45, 7) is 4.28. The van der Waals surface area contributed by atoms with E-state index in [0.29, 0.717) is 0 Å². The smallest absolute Gasteiger partial charge is 0 e. The van der Waals surface area contributed by atoms with Crippen molar-refractivity contribution in [3.05, 3.63) is 47.6 Å². The van der Waals surface area contributed by atoms with Gasteiger partial charge in [-0.25, -0.2) is 0 Å². The van der Waals surface area contributed by atoms with Crippen LogP contribution < -0.4 is 0 Å². The van der Waals surface area contributed by atoms with Crippen LogP contribution in [0.2, 0.25) is 0 Å². The fourth-order valence-electron chi connectivity index (χ4n) is 1.11. The van der Waals surface area contributed by atoms with Gasteiger partial charge in [0.15, 0.2) is 0 Å². The topological polar surface area (TPSA) is 0 Å². The zero-order valence-corrected chi connectivity index (χ0v) is 9.94. The maximum atomic E-state index is 2.16. The monoisotopic (exact) mass is 208 g/mol. The van der Waals surface area contributed by atoms with Crippen LogP contribution in [0.5, 0.6) is 0 Å². The minimum atomic E-state index is 0. The maximum absolute atomic E-state index is 2.16. The van der Waals surface area contributed by atoms with Gasteiger partial charge in [-0.2, -0.15) is 0 Å². The Morgan fingerprint density at radius 3 is 1.31 bits per heavy atom. The third kappa shape index (κ3) is 5.84. The van der Waals surface area contributed by atoms with Crippen LogP contribution in [-0.2, 0) is 21.7 Å². The van der Waals surface area contributed by atoms with Crippen molar-refractivity contribution in [3.63, 3.8) is 0 Å². The zero-order valence-electron chi connectivity index (χ0n) is 8.38. The molecule has 68 valence electrons. The molecule has 0 aliphatic heterocycles. The van der Waals surface area contributed by atoms with Gasteiger partial charge in [0.1, 0.15) is 0 Å². The van der Waals surface area contributed by atoms with E-state index in [4.69, 9.17) is 0 Å². The molecule has 1 heteroatoms. The molecule has 0 fully saturated rings. The van der Waals surface area contributed by atoms with Crippen molar-refractivity contribution in [2.75, 3.05) is 0 Å². The quantitative estimate of drug-likeness (QED) is 0.531. The van der Waals surface area contributed by atoms with Crippen LogP contribution in [0.4, 0.5) is 0 Å². The summed E-state index contributed by atoms with van der Waals surface area (Å²) in [4.78, 5) is 0. The summed E-state index contributed by atoms with van der Waals surface area (Å²) < 4.78 is 0. The van der Waals surface area contributed by atoms with Gasteiger partial charge < -0.3 is 0 Å². The average Bonchev–Trinajstić information content (AvgIpc) is 2.63. The minimum Gasteiger partial charge on any atom is -0.0805 e. The van der Waals surface area contributed by atoms with Gasteiger partial charge in [-0.15, -0.1) is 0 Å². The molecule has 0 aromatic rings. The van der Waals surface area contributed by atoms with E-state index >= 15 is 0 Å². The van der Waals surface area contributed by atoms with E-state index in [2.05, 4.69) is 50.3 Å². The standard InChI is InChI=1S/2C6H8.Ti/c2*1-6-4-2-3-5-6;/h2*2-4H,5H2,1H3;. The molecule has 0 bridgehead atoms. The van der Waals surface area contributed by atoms with Crippen LogP contribution >= 0.6 is 0 Å². The molecule has 0 N–H and O–H groups in total. The van der Waals surface area contributed by atoms with Crippen LogP contribution in [0.15, 0.2) is 47.6 Å². The predicted octanol–water partition coefficient (Wildman–Crippen LogP) is 3.78. The van der Waals surface area contributed by atoms with E-state index in [-0.39, 0.29) is 21.7 Å². The molecule has 13 heavy (non-hydrogen) atoms. The number of hydrogen-bond acceptors (Lipinski definition) is 0. The number of allylic oxidation sites excluding steroid dienone is 8. The largest absolute Gasteiger partial charge is 0.0805 e. The van der Waals surface area contributed by atoms with Crippen molar-refractivity contribution >= 4 is 0 Å². The molecule has 0 saturated carbocycles. The van der Waals surface area contributed by atoms with Crippen LogP contribution in [0.25, 0.3) is 0 Å². The average molecular weight is 208 g/mol. The summed E-state index contributed by atoms with van der Waals surface area (Å²) in [7, 11) is 0. The van der Waals surface area contributed by atoms with E-state index in [1.807, 2.05) is 0 Å². The molecular weight excluding hydrogens is 192 g/mol. The Labute approximate surface area is 96.0 Å². The van der Waals surface area contributed by atoms with Crippen molar-refractivity contribution in [2.24, 2.45) is 0 Å². The summed E-state index contributed by atoms with van der Waals surface area (Å²) in [6.07, 6.45) is 15.1. The van der Waals surface area contributed by atoms with E-state index in [1.54, 1.807) is 0 Å². The molecule has 0 atom stereocenters. The third-order valence-electron chi connectivity index (χ3n) is 1.91. The first-order valence-corrected chi connectivity index (χ1v) is 4.43. The normalized spacial score (nSPS) is 17.1. The van der Waals surface area contributed by atoms with E-state index in [1.165, 1.54) is 24.0 Å². The molecule has 0 spiro atoms. The predicted molar refractivity (Wildman–Crippen MR) is 55.0 cm³/mol. The Balaban J connectivity index is 0.000000206. The van der Waals surface area contributed by atoms with Gasteiger partial charge in [-0.05, 0) is 26.7 Å². The van der Waals surface area contributed by atoms with Crippen LogP contribution in [0.1, 0.15) is 26.7 Å². The molecular formula is C12H16Ti. The Hall–Kier alpha value is -0.326. The van der Waals surface area contributed by atoms with Gasteiger partial charge in [0.2, 0.25) is 0 Å². The van der Waals surface area contributed by atoms with Gasteiger partial charge in [-0.1, -0.05) is 47.6 Å². The minimum absolute atomic E-state index is 0. The molecule has 0 amide bonds. The number of rotatable bonds is 0. The van der Waals surface area contributed by atoms with Gasteiger partial charge >= 0.3 is 0 Å². The van der Waals surface area contributed by atoms with E-state index < -0.39 is 0 Å². The fourth-order valence-corrected chi connectivity index (χ4v) is 1.11. The Kier molecular flexibility index (Phi) is 6.94. The van der Waals surface area contributed by atoms with Gasteiger partial charge in [0.25, 0.3) is 0 Å². The van der Waals surface area contributed by atoms with Crippen molar-refractivity contribution in [2.45, 2.75) is 26.7 Å². The molecule has 0 aromatic heterocycles. The number of hydrogen-bond donors (Lipinski definition) is 0. The summed E-state index contributed by atoms with van der Waals surface area (Å²) >= 11 is 0. The van der Waals surface area contributed by atoms with Gasteiger partial charge in [-0.3, -0.25) is 0 Å². The van der Waals surface area contributed by atoms with Crippen molar-refractivity contribution in [3.8, 4) is 0 Å². The van der Waals surface area contributed by atoms with Crippen LogP contribution in [0, 0.1) is 0 Å². The Morgan fingerprint density at radius 1 is 0.846 bits per heavy atom. The Morgan fingerprint density at radius 2 is 1.23 bits per heavy atom. The maximum Gasteiger partial charge on any atom is 0 e. The fraction of sp³-hybridized carbons (Fsp3) is 0.333. The van der Waals surface area contributed by atoms with Gasteiger partial charge in [0.05, 0.1) is 0 Å². The molecule has 0 radical (unpaired) electrons. The summed E-state index contributed by atoms with van der Waals surface area (Å²) in [5.41, 5.74) is 2.94. The first-order valence-electron chi connectivity index (χ1n) is 4.43. The summed E-state index contributed by atoms with van der Waals surface area (Å²) in [5.74, 6) is 0. The van der Waals surface area contributed by atoms with E-state index in [0.717, 1.165) is 0 Å². The molecule has 0 saturated heterocycles. The summed E-state index contributed by atoms with van der Waals surface area (Å²) in [5, 5.41) is 0. The Bertz CT molecular complexity index is 226. The third-order valence-corrected chi connectivity index (χ3v) is 1.91. The van der Waals surface area contributed by atoms with Crippen molar-refractivity contribution in [1.29, 1.82) is 0 Å². The van der Waals surface area contributed by atoms with Crippen LogP contribution in [0.3, 0.4) is 0 Å².